The Morgan fingerprint density at radius 1 is 1.39 bits per heavy atom. The molecular weight excluding hydrogens is 232 g/mol. The van der Waals surface area contributed by atoms with Crippen LogP contribution in [0.25, 0.3) is 0 Å². The van der Waals surface area contributed by atoms with Gasteiger partial charge in [-0.05, 0) is 24.6 Å². The minimum Gasteiger partial charge on any atom is -0.497 e. The van der Waals surface area contributed by atoms with Crippen LogP contribution in [0, 0.1) is 0 Å². The molecule has 0 heterocycles. The van der Waals surface area contributed by atoms with E-state index >= 15 is 0 Å². The quantitative estimate of drug-likeness (QED) is 0.655. The molecule has 1 rings (SSSR count). The molecule has 0 saturated carbocycles. The molecular formula is C13H18N2O3. The summed E-state index contributed by atoms with van der Waals surface area (Å²) in [7, 11) is 3.03. The van der Waals surface area contributed by atoms with Crippen molar-refractivity contribution in [2.75, 3.05) is 20.8 Å². The van der Waals surface area contributed by atoms with E-state index in [4.69, 9.17) is 9.47 Å². The molecule has 0 bridgehead atoms. The molecule has 5 heteroatoms. The van der Waals surface area contributed by atoms with Gasteiger partial charge in [-0.1, -0.05) is 13.0 Å². The zero-order valence-corrected chi connectivity index (χ0v) is 10.9. The summed E-state index contributed by atoms with van der Waals surface area (Å²) in [5.41, 5.74) is 0.496. The summed E-state index contributed by atoms with van der Waals surface area (Å²) >= 11 is 0. The van der Waals surface area contributed by atoms with Gasteiger partial charge in [0.2, 0.25) is 0 Å². The summed E-state index contributed by atoms with van der Waals surface area (Å²) in [6.45, 7) is 2.61. The van der Waals surface area contributed by atoms with Gasteiger partial charge in [0.05, 0.1) is 14.2 Å². The number of aliphatic imine (C=N–C) groups is 1. The van der Waals surface area contributed by atoms with Crippen LogP contribution in [0.1, 0.15) is 23.7 Å². The number of nitrogens with one attached hydrogen (secondary N) is 1. The molecule has 98 valence electrons. The second-order valence-electron chi connectivity index (χ2n) is 3.58. The maximum atomic E-state index is 11.9. The first-order valence-electron chi connectivity index (χ1n) is 5.75. The van der Waals surface area contributed by atoms with Crippen LogP contribution in [-0.4, -0.2) is 32.7 Å². The Bertz CT molecular complexity index is 430. The number of hydrogen-bond donors (Lipinski definition) is 1. The van der Waals surface area contributed by atoms with Gasteiger partial charge in [-0.3, -0.25) is 10.1 Å². The maximum Gasteiger partial charge on any atom is 0.291 e. The Kier molecular flexibility index (Phi) is 5.70. The van der Waals surface area contributed by atoms with Crippen LogP contribution in [0.2, 0.25) is 0 Å². The van der Waals surface area contributed by atoms with Crippen LogP contribution in [0.15, 0.2) is 29.3 Å². The second-order valence-corrected chi connectivity index (χ2v) is 3.58. The molecule has 0 aromatic heterocycles. The largest absolute Gasteiger partial charge is 0.497 e. The standard InChI is InChI=1S/C13H18N2O3/c1-4-8-14-13(18-3)15-12(16)10-6-5-7-11(9-10)17-2/h5-7,9H,4,8H2,1-3H3,(H,14,15,16). The monoisotopic (exact) mass is 250 g/mol. The molecule has 0 saturated heterocycles. The third-order valence-corrected chi connectivity index (χ3v) is 2.22. The van der Waals surface area contributed by atoms with Crippen molar-refractivity contribution in [1.29, 1.82) is 0 Å². The van der Waals surface area contributed by atoms with Crippen molar-refractivity contribution in [3.05, 3.63) is 29.8 Å². The van der Waals surface area contributed by atoms with Gasteiger partial charge < -0.3 is 9.47 Å². The lowest BCUT2D eigenvalue weighted by atomic mass is 10.2. The summed E-state index contributed by atoms with van der Waals surface area (Å²) in [4.78, 5) is 16.0. The van der Waals surface area contributed by atoms with E-state index in [-0.39, 0.29) is 11.9 Å². The third-order valence-electron chi connectivity index (χ3n) is 2.22. The molecule has 0 aliphatic carbocycles. The summed E-state index contributed by atoms with van der Waals surface area (Å²) in [5.74, 6) is 0.359. The fourth-order valence-electron chi connectivity index (χ4n) is 1.30. The SMILES string of the molecule is CCCN=C(NC(=O)c1cccc(OC)c1)OC. The van der Waals surface area contributed by atoms with E-state index in [9.17, 15) is 4.79 Å². The number of benzene rings is 1. The zero-order valence-electron chi connectivity index (χ0n) is 10.9. The predicted octanol–water partition coefficient (Wildman–Crippen LogP) is 1.84. The zero-order chi connectivity index (χ0) is 13.4. The Balaban J connectivity index is 2.74. The van der Waals surface area contributed by atoms with E-state index in [1.54, 1.807) is 31.4 Å². The molecule has 0 fully saturated rings. The molecule has 1 aromatic rings. The lowest BCUT2D eigenvalue weighted by Crippen LogP contribution is -2.32. The highest BCUT2D eigenvalue weighted by atomic mass is 16.5. The van der Waals surface area contributed by atoms with E-state index in [1.807, 2.05) is 6.92 Å². The first-order valence-corrected chi connectivity index (χ1v) is 5.75. The van der Waals surface area contributed by atoms with Crippen LogP contribution >= 0.6 is 0 Å². The fraction of sp³-hybridized carbons (Fsp3) is 0.385. The molecule has 5 nitrogen and oxygen atoms in total. The van der Waals surface area contributed by atoms with Crippen molar-refractivity contribution in [2.45, 2.75) is 13.3 Å². The van der Waals surface area contributed by atoms with Crippen LogP contribution in [0.4, 0.5) is 0 Å². The van der Waals surface area contributed by atoms with Crippen molar-refractivity contribution in [2.24, 2.45) is 4.99 Å². The van der Waals surface area contributed by atoms with Gasteiger partial charge in [-0.25, -0.2) is 4.99 Å². The molecule has 0 atom stereocenters. The molecule has 0 aliphatic heterocycles. The highest BCUT2D eigenvalue weighted by molar-refractivity contribution is 6.04. The highest BCUT2D eigenvalue weighted by Crippen LogP contribution is 2.12. The van der Waals surface area contributed by atoms with Crippen molar-refractivity contribution < 1.29 is 14.3 Å². The van der Waals surface area contributed by atoms with Gasteiger partial charge in [-0.15, -0.1) is 0 Å². The van der Waals surface area contributed by atoms with Gasteiger partial charge in [0.25, 0.3) is 11.9 Å². The average molecular weight is 250 g/mol. The lowest BCUT2D eigenvalue weighted by molar-refractivity contribution is 0.0968. The molecule has 1 N–H and O–H groups in total. The summed E-state index contributed by atoms with van der Waals surface area (Å²) in [6, 6.07) is 7.11. The van der Waals surface area contributed by atoms with Gasteiger partial charge in [0.1, 0.15) is 5.75 Å². The number of amides is 1. The minimum absolute atomic E-state index is 0.227. The van der Waals surface area contributed by atoms with Crippen LogP contribution in [0.5, 0.6) is 5.75 Å². The fourth-order valence-corrected chi connectivity index (χ4v) is 1.30. The molecule has 0 unspecified atom stereocenters. The second kappa shape index (κ2) is 7.32. The number of methoxy groups -OCH3 is 2. The Morgan fingerprint density at radius 2 is 2.17 bits per heavy atom. The summed E-state index contributed by atoms with van der Waals surface area (Å²) in [6.07, 6.45) is 0.891. The third kappa shape index (κ3) is 4.08. The highest BCUT2D eigenvalue weighted by Gasteiger charge is 2.09. The number of hydrogen-bond acceptors (Lipinski definition) is 4. The first-order chi connectivity index (χ1) is 8.71. The van der Waals surface area contributed by atoms with Crippen molar-refractivity contribution in [3.63, 3.8) is 0 Å². The van der Waals surface area contributed by atoms with Crippen molar-refractivity contribution in [1.82, 2.24) is 5.32 Å². The number of amidine groups is 1. The number of carbonyl (C=O) groups is 1. The number of carbonyl (C=O) groups excluding carboxylic acids is 1. The first kappa shape index (κ1) is 14.0. The van der Waals surface area contributed by atoms with E-state index in [2.05, 4.69) is 10.3 Å². The minimum atomic E-state index is -0.273. The molecule has 0 aliphatic rings. The van der Waals surface area contributed by atoms with Gasteiger partial charge >= 0.3 is 0 Å². The molecule has 0 spiro atoms. The number of nitrogens with zero attached hydrogens (tertiary/aromatic N) is 1. The Hall–Kier alpha value is -2.04. The number of ether oxygens (including phenoxy) is 2. The van der Waals surface area contributed by atoms with E-state index in [1.165, 1.54) is 7.11 Å². The summed E-state index contributed by atoms with van der Waals surface area (Å²) in [5, 5.41) is 2.60. The normalized spacial score (nSPS) is 10.9. The topological polar surface area (TPSA) is 59.9 Å². The van der Waals surface area contributed by atoms with Gasteiger partial charge in [0.15, 0.2) is 0 Å². The van der Waals surface area contributed by atoms with Crippen LogP contribution < -0.4 is 10.1 Å². The van der Waals surface area contributed by atoms with E-state index in [0.717, 1.165) is 6.42 Å². The molecule has 1 amide bonds. The van der Waals surface area contributed by atoms with Crippen LogP contribution in [0.3, 0.4) is 0 Å². The van der Waals surface area contributed by atoms with Crippen molar-refractivity contribution in [3.8, 4) is 5.75 Å². The Labute approximate surface area is 107 Å². The van der Waals surface area contributed by atoms with Crippen molar-refractivity contribution >= 4 is 11.9 Å². The van der Waals surface area contributed by atoms with E-state index < -0.39 is 0 Å². The summed E-state index contributed by atoms with van der Waals surface area (Å²) < 4.78 is 10.0. The molecule has 1 aromatic carbocycles. The smallest absolute Gasteiger partial charge is 0.291 e. The van der Waals surface area contributed by atoms with Crippen LogP contribution in [-0.2, 0) is 4.74 Å². The average Bonchev–Trinajstić information content (AvgIpc) is 2.43. The molecule has 0 radical (unpaired) electrons. The predicted molar refractivity (Wildman–Crippen MR) is 70.1 cm³/mol. The van der Waals surface area contributed by atoms with E-state index in [0.29, 0.717) is 17.9 Å². The maximum absolute atomic E-state index is 11.9. The molecule has 18 heavy (non-hydrogen) atoms. The number of rotatable bonds is 4. The Morgan fingerprint density at radius 3 is 2.78 bits per heavy atom. The van der Waals surface area contributed by atoms with Gasteiger partial charge in [0, 0.05) is 12.1 Å². The lowest BCUT2D eigenvalue weighted by Gasteiger charge is -2.08. The van der Waals surface area contributed by atoms with Gasteiger partial charge in [-0.2, -0.15) is 0 Å².